The topological polar surface area (TPSA) is 69.7 Å². The zero-order valence-electron chi connectivity index (χ0n) is 16.0. The summed E-state index contributed by atoms with van der Waals surface area (Å²) in [6.07, 6.45) is 1.00. The third-order valence-electron chi connectivity index (χ3n) is 4.88. The summed E-state index contributed by atoms with van der Waals surface area (Å²) in [5.74, 6) is -0.377. The molecule has 1 heterocycles. The van der Waals surface area contributed by atoms with Crippen molar-refractivity contribution in [1.29, 1.82) is 0 Å². The molecule has 0 aliphatic carbocycles. The molecule has 0 unspecified atom stereocenters. The van der Waals surface area contributed by atoms with Gasteiger partial charge < -0.3 is 5.32 Å². The van der Waals surface area contributed by atoms with E-state index in [4.69, 9.17) is 11.6 Å². The number of carbonyl (C=O) groups excluding carboxylic acids is 1. The molecule has 0 bridgehead atoms. The normalized spacial score (nSPS) is 14.7. The van der Waals surface area contributed by atoms with Gasteiger partial charge in [-0.15, -0.1) is 0 Å². The first-order valence-corrected chi connectivity index (χ1v) is 10.9. The van der Waals surface area contributed by atoms with Crippen LogP contribution in [0.25, 0.3) is 0 Å². The average Bonchev–Trinajstić information content (AvgIpc) is 2.67. The summed E-state index contributed by atoms with van der Waals surface area (Å²) in [7, 11) is -0.739. The molecule has 0 saturated heterocycles. The Bertz CT molecular complexity index is 976. The quantitative estimate of drug-likeness (QED) is 0.777. The second-order valence-corrected chi connectivity index (χ2v) is 9.54. The third-order valence-corrected chi connectivity index (χ3v) is 7.02. The van der Waals surface area contributed by atoms with Crippen LogP contribution in [0, 0.1) is 0 Å². The molecule has 8 heteroatoms. The van der Waals surface area contributed by atoms with Crippen molar-refractivity contribution in [2.24, 2.45) is 0 Å². The van der Waals surface area contributed by atoms with Crippen molar-refractivity contribution < 1.29 is 13.2 Å². The van der Waals surface area contributed by atoms with Gasteiger partial charge in [0.25, 0.3) is 5.91 Å². The van der Waals surface area contributed by atoms with Crippen LogP contribution in [0.15, 0.2) is 47.4 Å². The SMILES string of the molecule is CN(C)S(=O)(=O)c1ccc(Cl)c(C(=O)NCCN2CCc3ccccc3C2)c1. The van der Waals surface area contributed by atoms with E-state index in [1.165, 1.54) is 43.4 Å². The molecule has 1 N–H and O–H groups in total. The number of carbonyl (C=O) groups is 1. The first-order valence-electron chi connectivity index (χ1n) is 9.08. The van der Waals surface area contributed by atoms with Crippen molar-refractivity contribution >= 4 is 27.5 Å². The van der Waals surface area contributed by atoms with E-state index in [-0.39, 0.29) is 21.4 Å². The Morgan fingerprint density at radius 2 is 1.89 bits per heavy atom. The maximum Gasteiger partial charge on any atom is 0.252 e. The van der Waals surface area contributed by atoms with Gasteiger partial charge in [0, 0.05) is 40.3 Å². The molecule has 3 rings (SSSR count). The Hall–Kier alpha value is -1.93. The summed E-state index contributed by atoms with van der Waals surface area (Å²) < 4.78 is 25.7. The molecule has 0 saturated carbocycles. The minimum atomic E-state index is -3.63. The van der Waals surface area contributed by atoms with Crippen LogP contribution in [0.1, 0.15) is 21.5 Å². The predicted octanol–water partition coefficient (Wildman–Crippen LogP) is 2.38. The van der Waals surface area contributed by atoms with E-state index in [0.29, 0.717) is 13.1 Å². The minimum absolute atomic E-state index is 0.0414. The predicted molar refractivity (Wildman–Crippen MR) is 110 cm³/mol. The van der Waals surface area contributed by atoms with E-state index in [9.17, 15) is 13.2 Å². The molecule has 2 aromatic carbocycles. The van der Waals surface area contributed by atoms with Gasteiger partial charge in [0.05, 0.1) is 15.5 Å². The third kappa shape index (κ3) is 4.55. The fraction of sp³-hybridized carbons (Fsp3) is 0.350. The number of nitrogens with zero attached hydrogens (tertiary/aromatic N) is 2. The number of nitrogens with one attached hydrogen (secondary N) is 1. The lowest BCUT2D eigenvalue weighted by atomic mass is 10.00. The maximum absolute atomic E-state index is 12.5. The van der Waals surface area contributed by atoms with Crippen LogP contribution < -0.4 is 5.32 Å². The Kier molecular flexibility index (Phi) is 6.40. The van der Waals surface area contributed by atoms with E-state index in [1.807, 2.05) is 6.07 Å². The van der Waals surface area contributed by atoms with Gasteiger partial charge in [0.15, 0.2) is 0 Å². The summed E-state index contributed by atoms with van der Waals surface area (Å²) in [4.78, 5) is 14.9. The van der Waals surface area contributed by atoms with Crippen molar-refractivity contribution in [3.63, 3.8) is 0 Å². The highest BCUT2D eigenvalue weighted by atomic mass is 35.5. The van der Waals surface area contributed by atoms with E-state index in [0.717, 1.165) is 23.8 Å². The van der Waals surface area contributed by atoms with Crippen LogP contribution in [-0.4, -0.2) is 57.3 Å². The summed E-state index contributed by atoms with van der Waals surface area (Å²) in [5, 5.41) is 3.07. The van der Waals surface area contributed by atoms with Gasteiger partial charge >= 0.3 is 0 Å². The van der Waals surface area contributed by atoms with E-state index in [1.54, 1.807) is 0 Å². The molecule has 0 spiro atoms. The maximum atomic E-state index is 12.5. The summed E-state index contributed by atoms with van der Waals surface area (Å²) in [6, 6.07) is 12.6. The number of amides is 1. The second kappa shape index (κ2) is 8.61. The number of fused-ring (bicyclic) bond motifs is 1. The van der Waals surface area contributed by atoms with E-state index < -0.39 is 10.0 Å². The molecule has 28 heavy (non-hydrogen) atoms. The molecule has 1 aliphatic rings. The fourth-order valence-corrected chi connectivity index (χ4v) is 4.35. The largest absolute Gasteiger partial charge is 0.351 e. The first-order chi connectivity index (χ1) is 13.3. The van der Waals surface area contributed by atoms with Crippen molar-refractivity contribution in [2.75, 3.05) is 33.7 Å². The first kappa shape index (κ1) is 20.8. The standard InChI is InChI=1S/C20H24ClN3O3S/c1-23(2)28(26,27)17-7-8-19(21)18(13-17)20(25)22-10-12-24-11-9-15-5-3-4-6-16(15)14-24/h3-8,13H,9-12,14H2,1-2H3,(H,22,25). The van der Waals surface area contributed by atoms with Gasteiger partial charge in [0.2, 0.25) is 10.0 Å². The molecule has 0 radical (unpaired) electrons. The zero-order chi connectivity index (χ0) is 20.3. The summed E-state index contributed by atoms with van der Waals surface area (Å²) in [6.45, 7) is 2.99. The lowest BCUT2D eigenvalue weighted by molar-refractivity contribution is 0.0947. The van der Waals surface area contributed by atoms with Gasteiger partial charge in [-0.25, -0.2) is 12.7 Å². The highest BCUT2D eigenvalue weighted by Crippen LogP contribution is 2.22. The fourth-order valence-electron chi connectivity index (χ4n) is 3.22. The van der Waals surface area contributed by atoms with Crippen molar-refractivity contribution in [2.45, 2.75) is 17.9 Å². The number of hydrogen-bond donors (Lipinski definition) is 1. The monoisotopic (exact) mass is 421 g/mol. The molecule has 150 valence electrons. The zero-order valence-corrected chi connectivity index (χ0v) is 17.6. The van der Waals surface area contributed by atoms with Crippen molar-refractivity contribution in [1.82, 2.24) is 14.5 Å². The smallest absolute Gasteiger partial charge is 0.252 e. The molecule has 0 aromatic heterocycles. The van der Waals surface area contributed by atoms with Crippen LogP contribution in [0.3, 0.4) is 0 Å². The highest BCUT2D eigenvalue weighted by Gasteiger charge is 2.21. The Labute approximate surface area is 171 Å². The molecule has 1 aliphatic heterocycles. The second-order valence-electron chi connectivity index (χ2n) is 6.98. The molecular formula is C20H24ClN3O3S. The molecule has 2 aromatic rings. The number of hydrogen-bond acceptors (Lipinski definition) is 4. The van der Waals surface area contributed by atoms with Gasteiger partial charge in [0.1, 0.15) is 0 Å². The summed E-state index contributed by atoms with van der Waals surface area (Å²) >= 11 is 6.12. The molecule has 1 amide bonds. The number of rotatable bonds is 6. The lowest BCUT2D eigenvalue weighted by Gasteiger charge is -2.28. The Morgan fingerprint density at radius 1 is 1.18 bits per heavy atom. The van der Waals surface area contributed by atoms with E-state index >= 15 is 0 Å². The van der Waals surface area contributed by atoms with Crippen LogP contribution in [0.5, 0.6) is 0 Å². The van der Waals surface area contributed by atoms with Crippen LogP contribution in [0.4, 0.5) is 0 Å². The van der Waals surface area contributed by atoms with Crippen LogP contribution >= 0.6 is 11.6 Å². The van der Waals surface area contributed by atoms with Gasteiger partial charge in [-0.05, 0) is 35.7 Å². The van der Waals surface area contributed by atoms with Crippen LogP contribution in [-0.2, 0) is 23.0 Å². The molecular weight excluding hydrogens is 398 g/mol. The van der Waals surface area contributed by atoms with Gasteiger partial charge in [-0.1, -0.05) is 35.9 Å². The highest BCUT2D eigenvalue weighted by molar-refractivity contribution is 7.89. The number of halogens is 1. The molecule has 0 fully saturated rings. The van der Waals surface area contributed by atoms with Crippen molar-refractivity contribution in [3.8, 4) is 0 Å². The van der Waals surface area contributed by atoms with Crippen molar-refractivity contribution in [3.05, 3.63) is 64.2 Å². The number of benzene rings is 2. The number of sulfonamides is 1. The van der Waals surface area contributed by atoms with Crippen LogP contribution in [0.2, 0.25) is 5.02 Å². The van der Waals surface area contributed by atoms with E-state index in [2.05, 4.69) is 28.4 Å². The molecule has 0 atom stereocenters. The Morgan fingerprint density at radius 3 is 2.61 bits per heavy atom. The van der Waals surface area contributed by atoms with Gasteiger partial charge in [-0.2, -0.15) is 0 Å². The Balaban J connectivity index is 1.61. The van der Waals surface area contributed by atoms with Gasteiger partial charge in [-0.3, -0.25) is 9.69 Å². The summed E-state index contributed by atoms with van der Waals surface area (Å²) in [5.41, 5.74) is 2.87. The average molecular weight is 422 g/mol. The lowest BCUT2D eigenvalue weighted by Crippen LogP contribution is -2.38. The molecule has 6 nitrogen and oxygen atoms in total. The minimum Gasteiger partial charge on any atom is -0.351 e.